The minimum Gasteiger partial charge on any atom is -0.493 e. The van der Waals surface area contributed by atoms with Crippen molar-refractivity contribution in [1.82, 2.24) is 4.90 Å². The van der Waals surface area contributed by atoms with Gasteiger partial charge in [-0.05, 0) is 41.5 Å². The van der Waals surface area contributed by atoms with Crippen LogP contribution in [0.2, 0.25) is 0 Å². The van der Waals surface area contributed by atoms with Crippen molar-refractivity contribution in [3.8, 4) is 11.5 Å². The summed E-state index contributed by atoms with van der Waals surface area (Å²) < 4.78 is 15.8. The second-order valence-electron chi connectivity index (χ2n) is 6.35. The molecule has 1 heterocycles. The van der Waals surface area contributed by atoms with E-state index in [-0.39, 0.29) is 17.4 Å². The van der Waals surface area contributed by atoms with Crippen LogP contribution < -0.4 is 9.47 Å². The van der Waals surface area contributed by atoms with E-state index in [1.54, 1.807) is 30.4 Å². The molecule has 0 aromatic heterocycles. The van der Waals surface area contributed by atoms with Crippen LogP contribution in [0.4, 0.5) is 4.79 Å². The molecule has 0 N–H and O–H groups in total. The molecular weight excluding hydrogens is 382 g/mol. The molecule has 0 radical (unpaired) electrons. The van der Waals surface area contributed by atoms with Crippen molar-refractivity contribution in [1.29, 1.82) is 0 Å². The first-order chi connectivity index (χ1) is 13.3. The lowest BCUT2D eigenvalue weighted by Gasteiger charge is -2.12. The van der Waals surface area contributed by atoms with Crippen LogP contribution in [-0.2, 0) is 14.3 Å². The first-order valence-corrected chi connectivity index (χ1v) is 9.50. The lowest BCUT2D eigenvalue weighted by Crippen LogP contribution is -2.34. The van der Waals surface area contributed by atoms with Gasteiger partial charge in [-0.25, -0.2) is 0 Å². The molecule has 0 aliphatic carbocycles. The lowest BCUT2D eigenvalue weighted by molar-refractivity contribution is -0.147. The predicted molar refractivity (Wildman–Crippen MR) is 107 cm³/mol. The molecule has 150 valence electrons. The van der Waals surface area contributed by atoms with Crippen LogP contribution in [0.1, 0.15) is 19.4 Å². The van der Waals surface area contributed by atoms with E-state index in [0.29, 0.717) is 23.7 Å². The fraction of sp³-hybridized carbons (Fsp3) is 0.350. The highest BCUT2D eigenvalue weighted by molar-refractivity contribution is 8.18. The van der Waals surface area contributed by atoms with E-state index < -0.39 is 23.7 Å². The average Bonchev–Trinajstić information content (AvgIpc) is 2.92. The van der Waals surface area contributed by atoms with Gasteiger partial charge in [-0.15, -0.1) is 0 Å². The number of carbonyl (C=O) groups excluding carboxylic acids is 3. The number of thioether (sulfide) groups is 1. The van der Waals surface area contributed by atoms with E-state index in [0.717, 1.165) is 16.7 Å². The van der Waals surface area contributed by atoms with Crippen molar-refractivity contribution >= 4 is 35.0 Å². The molecule has 1 aromatic carbocycles. The molecular formula is C20H23NO6S. The van der Waals surface area contributed by atoms with Crippen molar-refractivity contribution in [2.24, 2.45) is 5.92 Å². The van der Waals surface area contributed by atoms with Crippen molar-refractivity contribution < 1.29 is 28.6 Å². The van der Waals surface area contributed by atoms with Crippen molar-refractivity contribution in [2.45, 2.75) is 13.8 Å². The van der Waals surface area contributed by atoms with Gasteiger partial charge in [0.25, 0.3) is 11.1 Å². The number of carbonyl (C=O) groups is 3. The van der Waals surface area contributed by atoms with Crippen LogP contribution >= 0.6 is 11.8 Å². The Hall–Kier alpha value is -2.74. The third-order valence-electron chi connectivity index (χ3n) is 3.58. The maximum atomic E-state index is 12.5. The Morgan fingerprint density at radius 2 is 2.04 bits per heavy atom. The van der Waals surface area contributed by atoms with E-state index in [1.165, 1.54) is 7.11 Å². The first kappa shape index (κ1) is 21.6. The summed E-state index contributed by atoms with van der Waals surface area (Å²) in [6.07, 6.45) is 3.19. The molecule has 0 unspecified atom stereocenters. The number of methoxy groups -OCH3 is 1. The Balaban J connectivity index is 2.12. The summed E-state index contributed by atoms with van der Waals surface area (Å²) in [5, 5.41) is -0.504. The number of rotatable bonds is 9. The second-order valence-corrected chi connectivity index (χ2v) is 7.35. The van der Waals surface area contributed by atoms with E-state index in [9.17, 15) is 14.4 Å². The maximum Gasteiger partial charge on any atom is 0.326 e. The number of esters is 1. The highest BCUT2D eigenvalue weighted by Gasteiger charge is 2.36. The average molecular weight is 405 g/mol. The number of amides is 2. The van der Waals surface area contributed by atoms with Crippen LogP contribution in [0.3, 0.4) is 0 Å². The molecule has 0 saturated carbocycles. The molecule has 1 aliphatic heterocycles. The van der Waals surface area contributed by atoms with Gasteiger partial charge in [0.1, 0.15) is 13.2 Å². The predicted octanol–water partition coefficient (Wildman–Crippen LogP) is 3.50. The monoisotopic (exact) mass is 405 g/mol. The normalized spacial score (nSPS) is 15.3. The number of hydrogen-bond donors (Lipinski definition) is 0. The van der Waals surface area contributed by atoms with Gasteiger partial charge in [-0.2, -0.15) is 0 Å². The van der Waals surface area contributed by atoms with Crippen LogP contribution in [0.25, 0.3) is 6.08 Å². The minimum absolute atomic E-state index is 0.173. The standard InChI is InChI=1S/C20H23NO6S/c1-5-8-26-15-7-6-14(9-16(15)25-4)10-17-19(23)21(20(24)28-17)11-18(22)27-12-13(2)3/h5-7,9-10,13H,1,8,11-12H2,2-4H3/b17-10+. The van der Waals surface area contributed by atoms with Crippen molar-refractivity contribution in [3.05, 3.63) is 41.3 Å². The maximum absolute atomic E-state index is 12.5. The summed E-state index contributed by atoms with van der Waals surface area (Å²) in [6, 6.07) is 5.15. The zero-order chi connectivity index (χ0) is 20.7. The number of nitrogens with zero attached hydrogens (tertiary/aromatic N) is 1. The fourth-order valence-electron chi connectivity index (χ4n) is 2.26. The largest absolute Gasteiger partial charge is 0.493 e. The molecule has 2 amide bonds. The fourth-order valence-corrected chi connectivity index (χ4v) is 3.10. The van der Waals surface area contributed by atoms with Gasteiger partial charge < -0.3 is 14.2 Å². The van der Waals surface area contributed by atoms with Gasteiger partial charge in [0, 0.05) is 0 Å². The molecule has 1 aromatic rings. The molecule has 2 rings (SSSR count). The van der Waals surface area contributed by atoms with Crippen LogP contribution in [0.5, 0.6) is 11.5 Å². The summed E-state index contributed by atoms with van der Waals surface area (Å²) in [5.41, 5.74) is 0.663. The van der Waals surface area contributed by atoms with E-state index in [4.69, 9.17) is 14.2 Å². The molecule has 7 nitrogen and oxygen atoms in total. The number of imide groups is 1. The highest BCUT2D eigenvalue weighted by atomic mass is 32.2. The van der Waals surface area contributed by atoms with Gasteiger partial charge in [0.2, 0.25) is 0 Å². The van der Waals surface area contributed by atoms with E-state index in [2.05, 4.69) is 6.58 Å². The Kier molecular flexibility index (Phi) is 7.69. The minimum atomic E-state index is -0.609. The number of benzene rings is 1. The Bertz CT molecular complexity index is 802. The van der Waals surface area contributed by atoms with Gasteiger partial charge in [0.05, 0.1) is 18.6 Å². The Labute approximate surface area is 168 Å². The summed E-state index contributed by atoms with van der Waals surface area (Å²) in [7, 11) is 1.51. The summed E-state index contributed by atoms with van der Waals surface area (Å²) in [5.74, 6) is 0.0740. The molecule has 1 saturated heterocycles. The molecule has 0 atom stereocenters. The zero-order valence-electron chi connectivity index (χ0n) is 16.1. The van der Waals surface area contributed by atoms with E-state index >= 15 is 0 Å². The Morgan fingerprint density at radius 3 is 2.68 bits per heavy atom. The third kappa shape index (κ3) is 5.63. The van der Waals surface area contributed by atoms with Crippen LogP contribution in [0.15, 0.2) is 35.8 Å². The molecule has 0 spiro atoms. The van der Waals surface area contributed by atoms with Gasteiger partial charge in [0.15, 0.2) is 11.5 Å². The lowest BCUT2D eigenvalue weighted by atomic mass is 10.2. The van der Waals surface area contributed by atoms with E-state index in [1.807, 2.05) is 13.8 Å². The van der Waals surface area contributed by atoms with Gasteiger partial charge in [-0.1, -0.05) is 32.6 Å². The Morgan fingerprint density at radius 1 is 1.29 bits per heavy atom. The smallest absolute Gasteiger partial charge is 0.326 e. The SMILES string of the molecule is C=CCOc1ccc(/C=C2/SC(=O)N(CC(=O)OCC(C)C)C2=O)cc1OC. The first-order valence-electron chi connectivity index (χ1n) is 8.68. The van der Waals surface area contributed by atoms with Gasteiger partial charge >= 0.3 is 5.97 Å². The van der Waals surface area contributed by atoms with Gasteiger partial charge in [-0.3, -0.25) is 19.3 Å². The summed E-state index contributed by atoms with van der Waals surface area (Å²) in [6.45, 7) is 7.58. The second kappa shape index (κ2) is 9.98. The molecule has 1 aliphatic rings. The summed E-state index contributed by atoms with van der Waals surface area (Å²) in [4.78, 5) is 37.6. The zero-order valence-corrected chi connectivity index (χ0v) is 16.9. The van der Waals surface area contributed by atoms with Crippen LogP contribution in [0, 0.1) is 5.92 Å². The quantitative estimate of drug-likeness (QED) is 0.353. The third-order valence-corrected chi connectivity index (χ3v) is 4.49. The molecule has 28 heavy (non-hydrogen) atoms. The number of hydrogen-bond acceptors (Lipinski definition) is 7. The van der Waals surface area contributed by atoms with Crippen molar-refractivity contribution in [3.63, 3.8) is 0 Å². The molecule has 0 bridgehead atoms. The summed E-state index contributed by atoms with van der Waals surface area (Å²) >= 11 is 0.780. The molecule has 8 heteroatoms. The topological polar surface area (TPSA) is 82.1 Å². The van der Waals surface area contributed by atoms with Crippen molar-refractivity contribution in [2.75, 3.05) is 26.9 Å². The highest BCUT2D eigenvalue weighted by Crippen LogP contribution is 2.34. The van der Waals surface area contributed by atoms with Crippen LogP contribution in [-0.4, -0.2) is 48.9 Å². The molecule has 1 fully saturated rings. The number of ether oxygens (including phenoxy) is 3.